The van der Waals surface area contributed by atoms with Gasteiger partial charge in [0.2, 0.25) is 100 Å². The van der Waals surface area contributed by atoms with Crippen LogP contribution in [-0.4, -0.2) is 229 Å². The summed E-state index contributed by atoms with van der Waals surface area (Å²) in [6.45, 7) is 13.5. The summed E-state index contributed by atoms with van der Waals surface area (Å²) in [5.41, 5.74) is 27.3. The van der Waals surface area contributed by atoms with Crippen molar-refractivity contribution in [1.29, 1.82) is 0 Å². The molecule has 1 aromatic heterocycles. The maximum Gasteiger partial charge on any atom is 0.245 e. The molecule has 0 aliphatic carbocycles. The minimum absolute atomic E-state index is 0.123. The van der Waals surface area contributed by atoms with Crippen molar-refractivity contribution < 1.29 is 96.5 Å². The molecule has 0 radical (unpaired) electrons. The zero-order valence-corrected chi connectivity index (χ0v) is 70.7. The lowest BCUT2D eigenvalue weighted by Crippen LogP contribution is -2.65. The Morgan fingerprint density at radius 2 is 0.926 bits per heavy atom. The van der Waals surface area contributed by atoms with Gasteiger partial charge in [-0.15, -0.1) is 0 Å². The number of rotatable bonds is 49. The van der Waals surface area contributed by atoms with Crippen LogP contribution in [0.2, 0.25) is 0 Å². The monoisotopic (exact) mass is 1720 g/mol. The molecular formula is C80H113N19O20S2. The molecule has 4 aromatic carbocycles. The molecule has 0 spiro atoms. The first-order valence-corrected chi connectivity index (χ1v) is 39.8. The predicted octanol–water partition coefficient (Wildman–Crippen LogP) is -4.08. The predicted molar refractivity (Wildman–Crippen MR) is 451 cm³/mol. The topological polar surface area (TPSA) is 642 Å². The van der Waals surface area contributed by atoms with Crippen LogP contribution in [0.25, 0.3) is 21.7 Å². The Labute approximate surface area is 709 Å². The van der Waals surface area contributed by atoms with Gasteiger partial charge >= 0.3 is 0 Å². The number of aromatic nitrogens is 1. The van der Waals surface area contributed by atoms with Crippen molar-refractivity contribution >= 4 is 147 Å². The number of para-hydroxylation sites is 1. The summed E-state index contributed by atoms with van der Waals surface area (Å²) in [6.07, 6.45) is -5.51. The largest absolute Gasteiger partial charge is 0.492 e. The Balaban J connectivity index is 1.53. The van der Waals surface area contributed by atoms with E-state index in [2.05, 4.69) is 86.7 Å². The Bertz CT molecular complexity index is 4570. The van der Waals surface area contributed by atoms with E-state index >= 15 is 24.0 Å². The summed E-state index contributed by atoms with van der Waals surface area (Å²) >= 11 is 9.14. The normalized spacial score (nSPS) is 14.8. The second-order valence-electron chi connectivity index (χ2n) is 31.0. The van der Waals surface area contributed by atoms with Gasteiger partial charge < -0.3 is 118 Å². The molecule has 0 saturated carbocycles. The van der Waals surface area contributed by atoms with Crippen LogP contribution in [0.3, 0.4) is 0 Å². The van der Waals surface area contributed by atoms with Crippen molar-refractivity contribution in [3.8, 4) is 5.75 Å². The fourth-order valence-corrected chi connectivity index (χ4v) is 12.9. The SMILES string of the molecule is CC(=O)NCCCC[C@H](NC(=O)C(C)(C)NC(=O)[C@H](Cc1ccc2ccccc2c1)NC(=O)[C@H](Cc1ccc(OCCN)cc1)NC(=O)[C@@H](NC(=O)[C@H](CCC(N)=O)NC(=O)[C@H](Cc1c[nH]c2ccccc12)NC(=O)[C@@H](NC(=O)[C@@H](NC(=O)[C@@H](NC(C)=O)C(C)(C)S)[C@@H](C)O)[C@@H](C)O)C(C)(C)S)C(=O)N[C@@H](CC(N)=O)C(=O)N[C@@H](CC(N)=O)C(N)=O. The van der Waals surface area contributed by atoms with Gasteiger partial charge in [-0.05, 0) is 127 Å². The van der Waals surface area contributed by atoms with Gasteiger partial charge in [0, 0.05) is 79.2 Å². The van der Waals surface area contributed by atoms with Gasteiger partial charge in [-0.3, -0.25) is 81.5 Å². The highest BCUT2D eigenvalue weighted by atomic mass is 32.1. The van der Waals surface area contributed by atoms with E-state index in [1.807, 2.05) is 6.07 Å². The number of aliphatic hydroxyl groups excluding tert-OH is 2. The molecule has 5 aromatic rings. The first-order chi connectivity index (χ1) is 56.6. The minimum atomic E-state index is -2.03. The number of amides is 17. The first-order valence-electron chi connectivity index (χ1n) is 38.9. The van der Waals surface area contributed by atoms with Crippen molar-refractivity contribution in [2.75, 3.05) is 19.7 Å². The molecule has 17 amide bonds. The number of nitrogens with one attached hydrogen (secondary N) is 14. The summed E-state index contributed by atoms with van der Waals surface area (Å²) in [7, 11) is 0. The summed E-state index contributed by atoms with van der Waals surface area (Å²) < 4.78 is 2.86. The van der Waals surface area contributed by atoms with Crippen LogP contribution in [-0.2, 0) is 101 Å². The average molecular weight is 1730 g/mol. The molecule has 1 heterocycles. The number of ether oxygens (including phenoxy) is 1. The van der Waals surface area contributed by atoms with E-state index in [1.54, 1.807) is 84.9 Å². The van der Waals surface area contributed by atoms with E-state index in [4.69, 9.17) is 46.0 Å². The quantitative estimate of drug-likeness (QED) is 0.0130. The molecule has 0 aliphatic heterocycles. The molecule has 39 nitrogen and oxygen atoms in total. The summed E-state index contributed by atoms with van der Waals surface area (Å²) in [4.78, 5) is 237. The second-order valence-corrected chi connectivity index (χ2v) is 33.3. The third-order valence-corrected chi connectivity index (χ3v) is 19.5. The maximum atomic E-state index is 15.5. The number of fused-ring (bicyclic) bond motifs is 2. The fourth-order valence-electron chi connectivity index (χ4n) is 12.5. The number of nitrogens with two attached hydrogens (primary N) is 5. The van der Waals surface area contributed by atoms with Crippen LogP contribution in [0.5, 0.6) is 5.75 Å². The molecular weight excluding hydrogens is 1610 g/mol. The Hall–Kier alpha value is -11.9. The third kappa shape index (κ3) is 32.3. The number of hydrogen-bond acceptors (Lipinski definition) is 23. The van der Waals surface area contributed by atoms with Gasteiger partial charge in [0.15, 0.2) is 0 Å². The number of aliphatic hydroxyl groups is 2. The molecule has 13 atom stereocenters. The molecule has 41 heteroatoms. The Morgan fingerprint density at radius 3 is 1.50 bits per heavy atom. The van der Waals surface area contributed by atoms with E-state index in [0.29, 0.717) is 38.7 Å². The van der Waals surface area contributed by atoms with Gasteiger partial charge in [-0.25, -0.2) is 0 Å². The first kappa shape index (κ1) is 99.6. The highest BCUT2D eigenvalue weighted by Gasteiger charge is 2.43. The fraction of sp³-hybridized carbons (Fsp3) is 0.487. The molecule has 0 fully saturated rings. The molecule has 0 saturated heterocycles. The average Bonchev–Trinajstić information content (AvgIpc) is 1.78. The number of carbonyl (C=O) groups is 17. The Kier molecular flexibility index (Phi) is 37.9. The van der Waals surface area contributed by atoms with Crippen LogP contribution in [0.1, 0.15) is 131 Å². The van der Waals surface area contributed by atoms with E-state index in [-0.39, 0.29) is 64.1 Å². The van der Waals surface area contributed by atoms with Crippen LogP contribution >= 0.6 is 25.3 Å². The van der Waals surface area contributed by atoms with Gasteiger partial charge in [0.1, 0.15) is 84.4 Å². The molecule has 121 heavy (non-hydrogen) atoms. The van der Waals surface area contributed by atoms with Crippen molar-refractivity contribution in [2.24, 2.45) is 28.7 Å². The number of primary amides is 4. The molecule has 660 valence electrons. The highest BCUT2D eigenvalue weighted by Crippen LogP contribution is 2.25. The molecule has 0 unspecified atom stereocenters. The lowest BCUT2D eigenvalue weighted by atomic mass is 9.97. The number of unbranched alkanes of at least 4 members (excludes halogenated alkanes) is 1. The van der Waals surface area contributed by atoms with Gasteiger partial charge in [0.05, 0.1) is 25.0 Å². The smallest absolute Gasteiger partial charge is 0.245 e. The Morgan fingerprint density at radius 1 is 0.463 bits per heavy atom. The highest BCUT2D eigenvalue weighted by molar-refractivity contribution is 7.82. The van der Waals surface area contributed by atoms with Crippen molar-refractivity contribution in [1.82, 2.24) is 74.1 Å². The molecule has 5 rings (SSSR count). The summed E-state index contributed by atoms with van der Waals surface area (Å²) in [5, 5.41) is 56.6. The maximum absolute atomic E-state index is 15.5. The molecule has 26 N–H and O–H groups in total. The standard InChI is InChI=1S/C80H113N19O20S2/c1-40(100)62(96-74(115)63(41(2)101)97-76(117)64(79(7,8)120)88-43(4)103)73(114)93-57(36-48-39-87-51-20-14-13-19-50(48)51)70(111)89-53(28-29-59(82)104)68(109)98-65(80(9,10)121)75(116)94-55(34-44-23-26-49(27-24-44)119-32-30-81)69(110)91-56(35-45-22-25-46-17-11-12-18-47(46)33-45)72(113)99-78(5,6)77(118)95-52(21-15-16-31-86-42(3)102)67(108)92-58(38-61(84)106)71(112)90-54(66(85)107)37-60(83)105/h11-14,17-20,22-27,33,39-41,52-58,62-65,87,100-101,120-121H,15-16,21,28-32,34-38,81H2,1-10H3,(H2,82,104)(H2,83,105)(H2,84,106)(H2,85,107)(H,86,102)(H,88,103)(H,89,111)(H,90,112)(H,91,110)(H,92,108)(H,93,114)(H,94,116)(H,95,118)(H,96,115)(H,97,117)(H,98,109)(H,99,113)/t40-,41-,52+,53+,54+,55+,56+,57+,58+,62+,63+,64-,65-/m1/s1. The van der Waals surface area contributed by atoms with Crippen LogP contribution in [0, 0.1) is 0 Å². The lowest BCUT2D eigenvalue weighted by molar-refractivity contribution is -0.138. The van der Waals surface area contributed by atoms with E-state index in [1.165, 1.54) is 54.7 Å². The van der Waals surface area contributed by atoms with Gasteiger partial charge in [0.25, 0.3) is 0 Å². The van der Waals surface area contributed by atoms with Gasteiger partial charge in [-0.2, -0.15) is 25.3 Å². The number of benzene rings is 4. The van der Waals surface area contributed by atoms with Crippen LogP contribution < -0.4 is 103 Å². The van der Waals surface area contributed by atoms with Crippen LogP contribution in [0.15, 0.2) is 97.2 Å². The number of carbonyl (C=O) groups excluding carboxylic acids is 17. The number of aromatic amines is 1. The van der Waals surface area contributed by atoms with Crippen molar-refractivity contribution in [3.63, 3.8) is 0 Å². The number of hydrogen-bond donors (Lipinski definition) is 23. The third-order valence-electron chi connectivity index (χ3n) is 19.0. The van der Waals surface area contributed by atoms with E-state index in [9.17, 15) is 67.7 Å². The van der Waals surface area contributed by atoms with E-state index in [0.717, 1.165) is 26.2 Å². The lowest BCUT2D eigenvalue weighted by Gasteiger charge is -2.33. The van der Waals surface area contributed by atoms with E-state index < -0.39 is 214 Å². The summed E-state index contributed by atoms with van der Waals surface area (Å²) in [5.74, 6) is -17.0. The van der Waals surface area contributed by atoms with Crippen LogP contribution in [0.4, 0.5) is 0 Å². The van der Waals surface area contributed by atoms with Crippen molar-refractivity contribution in [2.45, 2.75) is 227 Å². The number of H-pyrrole nitrogens is 1. The second kappa shape index (κ2) is 46.0. The van der Waals surface area contributed by atoms with Crippen molar-refractivity contribution in [3.05, 3.63) is 114 Å². The minimum Gasteiger partial charge on any atom is -0.492 e. The molecule has 0 bridgehead atoms. The van der Waals surface area contributed by atoms with Gasteiger partial charge in [-0.1, -0.05) is 72.8 Å². The summed E-state index contributed by atoms with van der Waals surface area (Å²) in [6, 6.07) is 6.63. The number of thiol groups is 2. The molecule has 0 aliphatic rings. The zero-order valence-electron chi connectivity index (χ0n) is 69.0. The zero-order chi connectivity index (χ0) is 90.6.